The molecule has 0 bridgehead atoms. The van der Waals surface area contributed by atoms with Crippen LogP contribution < -0.4 is 0 Å². The van der Waals surface area contributed by atoms with Crippen molar-refractivity contribution in [2.24, 2.45) is 0 Å². The Kier molecular flexibility index (Phi) is 2.13. The van der Waals surface area contributed by atoms with Crippen LogP contribution in [-0.4, -0.2) is 5.11 Å². The summed E-state index contributed by atoms with van der Waals surface area (Å²) in [5.74, 6) is -0.204. The van der Waals surface area contributed by atoms with Crippen molar-refractivity contribution < 1.29 is 9.50 Å². The predicted octanol–water partition coefficient (Wildman–Crippen LogP) is 3.07. The number of benzene rings is 1. The van der Waals surface area contributed by atoms with Gasteiger partial charge in [-0.3, -0.25) is 0 Å². The molecule has 1 nitrogen and oxygen atoms in total. The van der Waals surface area contributed by atoms with Crippen LogP contribution in [0.2, 0.25) is 0 Å². The molecule has 3 rings (SSSR count). The first-order valence-corrected chi connectivity index (χ1v) is 6.14. The van der Waals surface area contributed by atoms with Crippen LogP contribution >= 0.6 is 11.3 Å². The summed E-state index contributed by atoms with van der Waals surface area (Å²) in [4.78, 5) is 0.900. The smallest absolute Gasteiger partial charge is 0.126 e. The Morgan fingerprint density at radius 1 is 1.25 bits per heavy atom. The van der Waals surface area contributed by atoms with Crippen molar-refractivity contribution in [2.45, 2.75) is 18.4 Å². The minimum atomic E-state index is -0.981. The maximum absolute atomic E-state index is 13.6. The van der Waals surface area contributed by atoms with Crippen LogP contribution in [0.5, 0.6) is 0 Å². The summed E-state index contributed by atoms with van der Waals surface area (Å²) in [5.41, 5.74) is 0.416. The fourth-order valence-corrected chi connectivity index (χ4v) is 3.28. The van der Waals surface area contributed by atoms with Crippen molar-refractivity contribution in [3.63, 3.8) is 0 Å². The number of aliphatic hydroxyl groups is 1. The predicted molar refractivity (Wildman–Crippen MR) is 62.0 cm³/mol. The van der Waals surface area contributed by atoms with Crippen LogP contribution in [0, 0.1) is 5.82 Å². The lowest BCUT2D eigenvalue weighted by Gasteiger charge is -2.22. The second-order valence-electron chi connectivity index (χ2n) is 4.10. The van der Waals surface area contributed by atoms with E-state index in [4.69, 9.17) is 0 Å². The highest BCUT2D eigenvalue weighted by atomic mass is 32.1. The van der Waals surface area contributed by atoms with Crippen molar-refractivity contribution in [1.29, 1.82) is 0 Å². The number of thiophene rings is 1. The van der Waals surface area contributed by atoms with Gasteiger partial charge in [0.2, 0.25) is 0 Å². The summed E-state index contributed by atoms with van der Waals surface area (Å²) >= 11 is 1.52. The van der Waals surface area contributed by atoms with E-state index >= 15 is 0 Å². The van der Waals surface area contributed by atoms with Gasteiger partial charge in [-0.05, 0) is 41.5 Å². The van der Waals surface area contributed by atoms with Gasteiger partial charge in [-0.25, -0.2) is 4.39 Å². The fourth-order valence-electron chi connectivity index (χ4n) is 2.41. The number of rotatable bonds is 1. The molecule has 3 heteroatoms. The molecule has 0 amide bonds. The third-order valence-corrected chi connectivity index (χ3v) is 4.25. The summed E-state index contributed by atoms with van der Waals surface area (Å²) in [6, 6.07) is 8.77. The van der Waals surface area contributed by atoms with Crippen LogP contribution in [-0.2, 0) is 12.0 Å². The van der Waals surface area contributed by atoms with E-state index in [-0.39, 0.29) is 5.82 Å². The lowest BCUT2D eigenvalue weighted by Crippen LogP contribution is -2.22. The van der Waals surface area contributed by atoms with Crippen molar-refractivity contribution in [2.75, 3.05) is 0 Å². The molecular formula is C13H11FOS. The summed E-state index contributed by atoms with van der Waals surface area (Å²) in [6.07, 6.45) is 1.18. The van der Waals surface area contributed by atoms with Crippen molar-refractivity contribution in [3.8, 4) is 0 Å². The standard InChI is InChI=1S/C13H11FOS/c14-11-4-1-3-10-9(11)6-7-13(10,15)12-5-2-8-16-12/h1-5,8,15H,6-7H2. The van der Waals surface area contributed by atoms with Crippen molar-refractivity contribution in [3.05, 3.63) is 57.5 Å². The van der Waals surface area contributed by atoms with E-state index in [0.717, 1.165) is 10.4 Å². The summed E-state index contributed by atoms with van der Waals surface area (Å²) < 4.78 is 13.6. The van der Waals surface area contributed by atoms with Gasteiger partial charge in [0.25, 0.3) is 0 Å². The Bertz CT molecular complexity index is 521. The molecule has 1 heterocycles. The molecule has 82 valence electrons. The van der Waals surface area contributed by atoms with Crippen molar-refractivity contribution >= 4 is 11.3 Å². The lowest BCUT2D eigenvalue weighted by molar-refractivity contribution is 0.0868. The quantitative estimate of drug-likeness (QED) is 0.804. The summed E-state index contributed by atoms with van der Waals surface area (Å²) in [5, 5.41) is 12.6. The Labute approximate surface area is 97.2 Å². The molecule has 0 saturated carbocycles. The van der Waals surface area contributed by atoms with Gasteiger partial charge in [-0.1, -0.05) is 18.2 Å². The highest BCUT2D eigenvalue weighted by molar-refractivity contribution is 7.10. The molecule has 1 N–H and O–H groups in total. The molecule has 1 unspecified atom stereocenters. The normalized spacial score (nSPS) is 23.4. The van der Waals surface area contributed by atoms with E-state index in [1.54, 1.807) is 6.07 Å². The molecule has 0 spiro atoms. The number of fused-ring (bicyclic) bond motifs is 1. The number of halogens is 1. The average molecular weight is 234 g/mol. The van der Waals surface area contributed by atoms with Crippen molar-refractivity contribution in [1.82, 2.24) is 0 Å². The van der Waals surface area contributed by atoms with Crippen LogP contribution in [0.25, 0.3) is 0 Å². The molecule has 1 atom stereocenters. The lowest BCUT2D eigenvalue weighted by atomic mass is 9.94. The third kappa shape index (κ3) is 1.25. The Balaban J connectivity index is 2.19. The topological polar surface area (TPSA) is 20.2 Å². The van der Waals surface area contributed by atoms with E-state index in [9.17, 15) is 9.50 Å². The fraction of sp³-hybridized carbons (Fsp3) is 0.231. The van der Waals surface area contributed by atoms with Crippen LogP contribution in [0.4, 0.5) is 4.39 Å². The summed E-state index contributed by atoms with van der Waals surface area (Å²) in [6.45, 7) is 0. The first-order valence-electron chi connectivity index (χ1n) is 5.26. The van der Waals surface area contributed by atoms with Gasteiger partial charge >= 0.3 is 0 Å². The molecular weight excluding hydrogens is 223 g/mol. The molecule has 1 aromatic heterocycles. The molecule has 1 aliphatic carbocycles. The molecule has 2 aromatic rings. The second-order valence-corrected chi connectivity index (χ2v) is 5.05. The van der Waals surface area contributed by atoms with Gasteiger partial charge in [-0.15, -0.1) is 11.3 Å². The van der Waals surface area contributed by atoms with E-state index < -0.39 is 5.60 Å². The first kappa shape index (κ1) is 10.00. The first-order chi connectivity index (χ1) is 7.72. The molecule has 1 aromatic carbocycles. The van der Waals surface area contributed by atoms with Gasteiger partial charge in [-0.2, -0.15) is 0 Å². The van der Waals surface area contributed by atoms with Gasteiger partial charge in [0.15, 0.2) is 0 Å². The van der Waals surface area contributed by atoms with E-state index in [1.165, 1.54) is 17.4 Å². The third-order valence-electron chi connectivity index (χ3n) is 3.23. The van der Waals surface area contributed by atoms with Crippen LogP contribution in [0.3, 0.4) is 0 Å². The van der Waals surface area contributed by atoms with Gasteiger partial charge in [0.05, 0.1) is 0 Å². The second kappa shape index (κ2) is 3.40. The molecule has 0 fully saturated rings. The highest BCUT2D eigenvalue weighted by Crippen LogP contribution is 2.44. The molecule has 0 aliphatic heterocycles. The number of hydrogen-bond donors (Lipinski definition) is 1. The largest absolute Gasteiger partial charge is 0.380 e. The van der Waals surface area contributed by atoms with Gasteiger partial charge in [0, 0.05) is 4.88 Å². The van der Waals surface area contributed by atoms with Crippen LogP contribution in [0.1, 0.15) is 22.4 Å². The number of hydrogen-bond acceptors (Lipinski definition) is 2. The van der Waals surface area contributed by atoms with Gasteiger partial charge < -0.3 is 5.11 Å². The SMILES string of the molecule is OC1(c2cccs2)CCc2c(F)cccc21. The Morgan fingerprint density at radius 2 is 2.12 bits per heavy atom. The summed E-state index contributed by atoms with van der Waals surface area (Å²) in [7, 11) is 0. The Morgan fingerprint density at radius 3 is 2.88 bits per heavy atom. The maximum atomic E-state index is 13.6. The minimum absolute atomic E-state index is 0.204. The van der Waals surface area contributed by atoms with E-state index in [0.29, 0.717) is 18.4 Å². The zero-order valence-electron chi connectivity index (χ0n) is 8.61. The minimum Gasteiger partial charge on any atom is -0.380 e. The zero-order valence-corrected chi connectivity index (χ0v) is 9.43. The van der Waals surface area contributed by atoms with E-state index in [1.807, 2.05) is 23.6 Å². The molecule has 1 aliphatic rings. The molecule has 16 heavy (non-hydrogen) atoms. The van der Waals surface area contributed by atoms with Crippen LogP contribution in [0.15, 0.2) is 35.7 Å². The van der Waals surface area contributed by atoms with E-state index in [2.05, 4.69) is 0 Å². The average Bonchev–Trinajstić information content (AvgIpc) is 2.88. The molecule has 0 radical (unpaired) electrons. The zero-order chi connectivity index (χ0) is 11.2. The van der Waals surface area contributed by atoms with Gasteiger partial charge in [0.1, 0.15) is 11.4 Å². The molecule has 0 saturated heterocycles. The monoisotopic (exact) mass is 234 g/mol. The maximum Gasteiger partial charge on any atom is 0.126 e. The highest BCUT2D eigenvalue weighted by Gasteiger charge is 2.40. The Hall–Kier alpha value is -1.19.